The van der Waals surface area contributed by atoms with Gasteiger partial charge in [-0.1, -0.05) is 23.7 Å². The molecule has 3 aromatic rings. The molecule has 8 heteroatoms. The van der Waals surface area contributed by atoms with Crippen LogP contribution in [0.15, 0.2) is 36.7 Å². The molecule has 0 aliphatic rings. The van der Waals surface area contributed by atoms with E-state index in [1.807, 2.05) is 6.92 Å². The van der Waals surface area contributed by atoms with Crippen molar-refractivity contribution in [3.8, 4) is 0 Å². The highest BCUT2D eigenvalue weighted by atomic mass is 35.5. The van der Waals surface area contributed by atoms with Crippen molar-refractivity contribution in [2.24, 2.45) is 0 Å². The van der Waals surface area contributed by atoms with Crippen LogP contribution in [0.2, 0.25) is 5.02 Å². The third kappa shape index (κ3) is 3.37. The monoisotopic (exact) mass is 345 g/mol. The minimum atomic E-state index is -0.777. The summed E-state index contributed by atoms with van der Waals surface area (Å²) in [4.78, 5) is 16.4. The molecule has 7 nitrogen and oxygen atoms in total. The highest BCUT2D eigenvalue weighted by Gasteiger charge is 2.18. The van der Waals surface area contributed by atoms with E-state index in [2.05, 4.69) is 15.2 Å². The van der Waals surface area contributed by atoms with Gasteiger partial charge in [-0.15, -0.1) is 5.10 Å². The average molecular weight is 346 g/mol. The number of carbonyl (C=O) groups is 1. The number of hydrogen-bond acceptors (Lipinski definition) is 5. The summed E-state index contributed by atoms with van der Waals surface area (Å²) in [5.74, 6) is -0.371. The van der Waals surface area contributed by atoms with Gasteiger partial charge in [0.25, 0.3) is 0 Å². The zero-order chi connectivity index (χ0) is 17.3. The number of rotatable bonds is 4. The molecule has 24 heavy (non-hydrogen) atoms. The summed E-state index contributed by atoms with van der Waals surface area (Å²) in [6, 6.07) is 8.70. The summed E-state index contributed by atoms with van der Waals surface area (Å²) in [7, 11) is 0. The molecule has 0 radical (unpaired) electrons. The molecule has 0 aliphatic carbocycles. The van der Waals surface area contributed by atoms with Gasteiger partial charge in [0.2, 0.25) is 5.82 Å². The van der Waals surface area contributed by atoms with Crippen molar-refractivity contribution in [1.82, 2.24) is 24.5 Å². The van der Waals surface area contributed by atoms with Crippen molar-refractivity contribution in [1.29, 1.82) is 0 Å². The van der Waals surface area contributed by atoms with E-state index in [0.29, 0.717) is 10.6 Å². The lowest BCUT2D eigenvalue weighted by molar-refractivity contribution is 0.0930. The lowest BCUT2D eigenvalue weighted by Crippen LogP contribution is -2.18. The van der Waals surface area contributed by atoms with Crippen molar-refractivity contribution in [3.05, 3.63) is 64.5 Å². The first-order valence-corrected chi connectivity index (χ1v) is 7.73. The molecule has 0 saturated carbocycles. The van der Waals surface area contributed by atoms with Gasteiger partial charge < -0.3 is 5.11 Å². The second-order valence-corrected chi connectivity index (χ2v) is 5.94. The van der Waals surface area contributed by atoms with E-state index in [9.17, 15) is 9.90 Å². The quantitative estimate of drug-likeness (QED) is 0.783. The largest absolute Gasteiger partial charge is 0.386 e. The highest BCUT2D eigenvalue weighted by molar-refractivity contribution is 6.30. The zero-order valence-corrected chi connectivity index (χ0v) is 14.0. The Hall–Kier alpha value is -2.51. The van der Waals surface area contributed by atoms with Crippen LogP contribution in [0.25, 0.3) is 0 Å². The second kappa shape index (κ2) is 6.54. The van der Waals surface area contributed by atoms with Crippen LogP contribution in [-0.4, -0.2) is 35.6 Å². The van der Waals surface area contributed by atoms with Gasteiger partial charge in [0, 0.05) is 10.7 Å². The van der Waals surface area contributed by atoms with Crippen molar-refractivity contribution < 1.29 is 9.90 Å². The number of aliphatic hydroxyl groups excluding tert-OH is 1. The second-order valence-electron chi connectivity index (χ2n) is 5.50. The van der Waals surface area contributed by atoms with Gasteiger partial charge in [-0.3, -0.25) is 4.79 Å². The van der Waals surface area contributed by atoms with E-state index >= 15 is 0 Å². The zero-order valence-electron chi connectivity index (χ0n) is 13.2. The first kappa shape index (κ1) is 16.4. The Morgan fingerprint density at radius 1 is 1.25 bits per heavy atom. The Morgan fingerprint density at radius 3 is 2.58 bits per heavy atom. The van der Waals surface area contributed by atoms with E-state index in [-0.39, 0.29) is 12.4 Å². The fourth-order valence-electron chi connectivity index (χ4n) is 2.38. The normalized spacial score (nSPS) is 12.3. The molecule has 0 amide bonds. The lowest BCUT2D eigenvalue weighted by Gasteiger charge is -2.10. The summed E-state index contributed by atoms with van der Waals surface area (Å²) < 4.78 is 2.70. The Labute approximate surface area is 143 Å². The summed E-state index contributed by atoms with van der Waals surface area (Å²) in [5.41, 5.74) is 2.18. The van der Waals surface area contributed by atoms with Crippen LogP contribution in [0.5, 0.6) is 0 Å². The third-order valence-corrected chi connectivity index (χ3v) is 3.80. The SMILES string of the molecule is Cc1cc(C)n(C(=O)c2ncn(C[C@@H](O)c3ccc(Cl)cc3)n2)n1. The number of benzene rings is 1. The topological polar surface area (TPSA) is 85.8 Å². The fourth-order valence-corrected chi connectivity index (χ4v) is 2.50. The molecular formula is C16H16ClN5O2. The molecule has 3 rings (SSSR count). The van der Waals surface area contributed by atoms with Crippen LogP contribution in [0.3, 0.4) is 0 Å². The van der Waals surface area contributed by atoms with Crippen LogP contribution < -0.4 is 0 Å². The first-order chi connectivity index (χ1) is 11.4. The average Bonchev–Trinajstić information content (AvgIpc) is 3.13. The molecule has 0 spiro atoms. The van der Waals surface area contributed by atoms with E-state index in [1.165, 1.54) is 15.7 Å². The van der Waals surface area contributed by atoms with Gasteiger partial charge in [0.05, 0.1) is 18.3 Å². The van der Waals surface area contributed by atoms with Crippen molar-refractivity contribution in [2.45, 2.75) is 26.5 Å². The van der Waals surface area contributed by atoms with Crippen molar-refractivity contribution in [2.75, 3.05) is 0 Å². The van der Waals surface area contributed by atoms with Crippen molar-refractivity contribution >= 4 is 17.5 Å². The van der Waals surface area contributed by atoms with Gasteiger partial charge in [-0.2, -0.15) is 9.78 Å². The molecular weight excluding hydrogens is 330 g/mol. The van der Waals surface area contributed by atoms with Crippen LogP contribution in [0.4, 0.5) is 0 Å². The Bertz CT molecular complexity index is 869. The molecule has 124 valence electrons. The fraction of sp³-hybridized carbons (Fsp3) is 0.250. The van der Waals surface area contributed by atoms with Crippen LogP contribution in [0, 0.1) is 13.8 Å². The lowest BCUT2D eigenvalue weighted by atomic mass is 10.1. The molecule has 0 bridgehead atoms. The van der Waals surface area contributed by atoms with Gasteiger partial charge in [-0.25, -0.2) is 9.67 Å². The third-order valence-electron chi connectivity index (χ3n) is 3.54. The molecule has 0 unspecified atom stereocenters. The van der Waals surface area contributed by atoms with Crippen molar-refractivity contribution in [3.63, 3.8) is 0 Å². The highest BCUT2D eigenvalue weighted by Crippen LogP contribution is 2.17. The summed E-state index contributed by atoms with van der Waals surface area (Å²) in [5, 5.41) is 19.1. The molecule has 0 saturated heterocycles. The minimum absolute atomic E-state index is 0.0320. The predicted octanol–water partition coefficient (Wildman–Crippen LogP) is 2.17. The van der Waals surface area contributed by atoms with Gasteiger partial charge >= 0.3 is 5.91 Å². The molecule has 1 atom stereocenters. The number of nitrogens with zero attached hydrogens (tertiary/aromatic N) is 5. The van der Waals surface area contributed by atoms with E-state index in [0.717, 1.165) is 11.4 Å². The number of aliphatic hydroxyl groups is 1. The molecule has 2 aromatic heterocycles. The number of halogens is 1. The number of aromatic nitrogens is 5. The Kier molecular flexibility index (Phi) is 4.46. The summed E-state index contributed by atoms with van der Waals surface area (Å²) in [6.07, 6.45) is 0.638. The molecule has 1 N–H and O–H groups in total. The Balaban J connectivity index is 1.74. The van der Waals surface area contributed by atoms with Crippen LogP contribution in [-0.2, 0) is 6.54 Å². The van der Waals surface area contributed by atoms with Crippen LogP contribution in [0.1, 0.15) is 33.7 Å². The van der Waals surface area contributed by atoms with Crippen LogP contribution >= 0.6 is 11.6 Å². The van der Waals surface area contributed by atoms with E-state index < -0.39 is 12.0 Å². The number of carbonyl (C=O) groups excluding carboxylic acids is 1. The predicted molar refractivity (Wildman–Crippen MR) is 87.9 cm³/mol. The van der Waals surface area contributed by atoms with E-state index in [4.69, 9.17) is 11.6 Å². The molecule has 0 fully saturated rings. The number of hydrogen-bond donors (Lipinski definition) is 1. The smallest absolute Gasteiger partial charge is 0.318 e. The standard InChI is InChI=1S/C16H16ClN5O2/c1-10-7-11(2)22(19-10)16(24)15-18-9-21(20-15)8-14(23)12-3-5-13(17)6-4-12/h3-7,9,14,23H,8H2,1-2H3/t14-/m1/s1. The Morgan fingerprint density at radius 2 is 1.96 bits per heavy atom. The summed E-state index contributed by atoms with van der Waals surface area (Å²) >= 11 is 5.83. The van der Waals surface area contributed by atoms with Gasteiger partial charge in [-0.05, 0) is 37.6 Å². The molecule has 0 aliphatic heterocycles. The minimum Gasteiger partial charge on any atom is -0.386 e. The first-order valence-electron chi connectivity index (χ1n) is 7.35. The maximum atomic E-state index is 12.4. The van der Waals surface area contributed by atoms with Gasteiger partial charge in [0.1, 0.15) is 6.33 Å². The maximum absolute atomic E-state index is 12.4. The number of aryl methyl sites for hydroxylation is 2. The molecule has 2 heterocycles. The maximum Gasteiger partial charge on any atom is 0.318 e. The summed E-state index contributed by atoms with van der Waals surface area (Å²) in [6.45, 7) is 3.78. The molecule has 1 aromatic carbocycles. The van der Waals surface area contributed by atoms with E-state index in [1.54, 1.807) is 37.3 Å². The van der Waals surface area contributed by atoms with Gasteiger partial charge in [0.15, 0.2) is 0 Å².